The maximum absolute atomic E-state index is 11.4. The van der Waals surface area contributed by atoms with Crippen molar-refractivity contribution in [3.8, 4) is 0 Å². The predicted octanol–water partition coefficient (Wildman–Crippen LogP) is 1.83. The molecule has 0 amide bonds. The van der Waals surface area contributed by atoms with E-state index in [1.807, 2.05) is 0 Å². The molecule has 18 heavy (non-hydrogen) atoms. The Balaban J connectivity index is 2.08. The van der Waals surface area contributed by atoms with Crippen molar-refractivity contribution in [2.24, 2.45) is 5.73 Å². The van der Waals surface area contributed by atoms with Crippen LogP contribution in [-0.2, 0) is 12.3 Å². The largest absolute Gasteiger partial charge is 0.325 e. The number of aryl methyl sites for hydroxylation is 1. The van der Waals surface area contributed by atoms with Gasteiger partial charge in [0.05, 0.1) is 11.4 Å². The molecule has 0 aliphatic heterocycles. The smallest absolute Gasteiger partial charge is 0.251 e. The number of nitrogens with two attached hydrogens (primary N) is 1. The van der Waals surface area contributed by atoms with Crippen LogP contribution < -0.4 is 11.3 Å². The molecule has 5 heteroatoms. The zero-order chi connectivity index (χ0) is 13.0. The number of nitrogens with one attached hydrogen (secondary N) is 1. The van der Waals surface area contributed by atoms with Gasteiger partial charge >= 0.3 is 0 Å². The van der Waals surface area contributed by atoms with Crippen molar-refractivity contribution in [2.45, 2.75) is 24.1 Å². The Labute approximate surface area is 110 Å². The highest BCUT2D eigenvalue weighted by atomic mass is 32.2. The zero-order valence-corrected chi connectivity index (χ0v) is 11.0. The number of thioether (sulfide) groups is 1. The molecule has 3 N–H and O–H groups in total. The molecule has 1 heterocycles. The third-order valence-corrected chi connectivity index (χ3v) is 3.47. The van der Waals surface area contributed by atoms with Crippen LogP contribution in [0.15, 0.2) is 40.0 Å². The van der Waals surface area contributed by atoms with Crippen LogP contribution in [0.1, 0.15) is 17.1 Å². The molecule has 4 nitrogen and oxygen atoms in total. The van der Waals surface area contributed by atoms with Crippen molar-refractivity contribution in [1.82, 2.24) is 9.97 Å². The molecule has 0 saturated carbocycles. The van der Waals surface area contributed by atoms with E-state index in [4.69, 9.17) is 5.73 Å². The maximum atomic E-state index is 11.4. The van der Waals surface area contributed by atoms with E-state index in [1.165, 1.54) is 11.6 Å². The van der Waals surface area contributed by atoms with Gasteiger partial charge in [0.2, 0.25) is 0 Å². The zero-order valence-electron chi connectivity index (χ0n) is 10.1. The van der Waals surface area contributed by atoms with E-state index >= 15 is 0 Å². The normalized spacial score (nSPS) is 10.6. The molecule has 0 atom stereocenters. The highest BCUT2D eigenvalue weighted by Gasteiger charge is 2.01. The molecular formula is C13H15N3OS. The molecule has 0 spiro atoms. The average molecular weight is 261 g/mol. The van der Waals surface area contributed by atoms with Gasteiger partial charge in [0.15, 0.2) is 0 Å². The van der Waals surface area contributed by atoms with E-state index in [0.29, 0.717) is 17.3 Å². The molecule has 0 aliphatic rings. The van der Waals surface area contributed by atoms with E-state index in [9.17, 15) is 4.79 Å². The van der Waals surface area contributed by atoms with Gasteiger partial charge in [-0.2, -0.15) is 0 Å². The summed E-state index contributed by atoms with van der Waals surface area (Å²) in [5.41, 5.74) is 7.20. The lowest BCUT2D eigenvalue weighted by Gasteiger charge is -2.03. The third-order valence-electron chi connectivity index (χ3n) is 2.45. The monoisotopic (exact) mass is 261 g/mol. The second-order valence-corrected chi connectivity index (χ2v) is 5.04. The highest BCUT2D eigenvalue weighted by Crippen LogP contribution is 2.21. The van der Waals surface area contributed by atoms with E-state index in [1.54, 1.807) is 11.8 Å². The van der Waals surface area contributed by atoms with Gasteiger partial charge in [-0.15, -0.1) is 11.8 Å². The van der Waals surface area contributed by atoms with Crippen LogP contribution in [0.5, 0.6) is 0 Å². The summed E-state index contributed by atoms with van der Waals surface area (Å²) in [7, 11) is 0. The van der Waals surface area contributed by atoms with Crippen LogP contribution in [0.25, 0.3) is 0 Å². The Morgan fingerprint density at radius 3 is 2.72 bits per heavy atom. The van der Waals surface area contributed by atoms with Crippen molar-refractivity contribution >= 4 is 11.8 Å². The first-order valence-corrected chi connectivity index (χ1v) is 6.64. The summed E-state index contributed by atoms with van der Waals surface area (Å²) in [6, 6.07) is 9.68. The standard InChI is InChI=1S/C13H15N3OS/c1-9-2-4-11(5-3-9)18-8-12-15-10(7-14)6-13(17)16-12/h2-6H,7-8,14H2,1H3,(H,15,16,17). The van der Waals surface area contributed by atoms with E-state index < -0.39 is 0 Å². The second-order valence-electron chi connectivity index (χ2n) is 3.99. The SMILES string of the molecule is Cc1ccc(SCc2nc(CN)cc(=O)[nH]2)cc1. The molecule has 0 bridgehead atoms. The van der Waals surface area contributed by atoms with Crippen molar-refractivity contribution < 1.29 is 0 Å². The minimum atomic E-state index is -0.148. The van der Waals surface area contributed by atoms with Crippen LogP contribution in [0, 0.1) is 6.92 Å². The minimum Gasteiger partial charge on any atom is -0.325 e. The number of nitrogens with zero attached hydrogens (tertiary/aromatic N) is 1. The van der Waals surface area contributed by atoms with Gasteiger partial charge < -0.3 is 10.7 Å². The quantitative estimate of drug-likeness (QED) is 0.824. The number of rotatable bonds is 4. The second kappa shape index (κ2) is 5.84. The van der Waals surface area contributed by atoms with Crippen LogP contribution >= 0.6 is 11.8 Å². The van der Waals surface area contributed by atoms with Crippen molar-refractivity contribution in [3.63, 3.8) is 0 Å². The third kappa shape index (κ3) is 3.45. The number of benzene rings is 1. The van der Waals surface area contributed by atoms with E-state index in [0.717, 1.165) is 4.90 Å². The van der Waals surface area contributed by atoms with Gasteiger partial charge in [-0.25, -0.2) is 4.98 Å². The lowest BCUT2D eigenvalue weighted by Crippen LogP contribution is -2.14. The lowest BCUT2D eigenvalue weighted by molar-refractivity contribution is 0.902. The Bertz CT molecular complexity index is 578. The Hall–Kier alpha value is -1.59. The fraction of sp³-hybridized carbons (Fsp3) is 0.231. The van der Waals surface area contributed by atoms with Crippen LogP contribution in [-0.4, -0.2) is 9.97 Å². The Morgan fingerprint density at radius 1 is 1.33 bits per heavy atom. The molecule has 0 fully saturated rings. The highest BCUT2D eigenvalue weighted by molar-refractivity contribution is 7.98. The summed E-state index contributed by atoms with van der Waals surface area (Å²) in [5.74, 6) is 1.29. The number of H-pyrrole nitrogens is 1. The number of aromatic nitrogens is 2. The fourth-order valence-corrected chi connectivity index (χ4v) is 2.29. The first-order valence-electron chi connectivity index (χ1n) is 5.66. The average Bonchev–Trinajstić information content (AvgIpc) is 2.37. The molecule has 0 aliphatic carbocycles. The topological polar surface area (TPSA) is 71.8 Å². The van der Waals surface area contributed by atoms with Crippen molar-refractivity contribution in [2.75, 3.05) is 0 Å². The number of aromatic amines is 1. The summed E-state index contributed by atoms with van der Waals surface area (Å²) >= 11 is 1.64. The van der Waals surface area contributed by atoms with Gasteiger partial charge in [0, 0.05) is 17.5 Å². The fourth-order valence-electron chi connectivity index (χ4n) is 1.52. The molecule has 2 rings (SSSR count). The van der Waals surface area contributed by atoms with Gasteiger partial charge in [-0.05, 0) is 19.1 Å². The molecule has 1 aromatic carbocycles. The van der Waals surface area contributed by atoms with Gasteiger partial charge in [0.25, 0.3) is 5.56 Å². The summed E-state index contributed by atoms with van der Waals surface area (Å²) in [4.78, 5) is 19.5. The van der Waals surface area contributed by atoms with E-state index in [-0.39, 0.29) is 12.1 Å². The summed E-state index contributed by atoms with van der Waals surface area (Å²) in [6.07, 6.45) is 0. The molecule has 0 saturated heterocycles. The first-order chi connectivity index (χ1) is 8.67. The Morgan fingerprint density at radius 2 is 2.06 bits per heavy atom. The number of hydrogen-bond donors (Lipinski definition) is 2. The summed E-state index contributed by atoms with van der Waals surface area (Å²) in [6.45, 7) is 2.34. The van der Waals surface area contributed by atoms with Crippen LogP contribution in [0.3, 0.4) is 0 Å². The molecular weight excluding hydrogens is 246 g/mol. The molecule has 0 unspecified atom stereocenters. The molecule has 2 aromatic rings. The maximum Gasteiger partial charge on any atom is 0.251 e. The van der Waals surface area contributed by atoms with Crippen LogP contribution in [0.2, 0.25) is 0 Å². The molecule has 1 aromatic heterocycles. The van der Waals surface area contributed by atoms with Crippen molar-refractivity contribution in [3.05, 3.63) is 57.8 Å². The van der Waals surface area contributed by atoms with Gasteiger partial charge in [-0.3, -0.25) is 4.79 Å². The number of hydrogen-bond acceptors (Lipinski definition) is 4. The molecule has 94 valence electrons. The van der Waals surface area contributed by atoms with Gasteiger partial charge in [0.1, 0.15) is 5.82 Å². The lowest BCUT2D eigenvalue weighted by atomic mass is 10.2. The van der Waals surface area contributed by atoms with Crippen LogP contribution in [0.4, 0.5) is 0 Å². The Kier molecular flexibility index (Phi) is 4.17. The summed E-state index contributed by atoms with van der Waals surface area (Å²) in [5, 5.41) is 0. The first kappa shape index (κ1) is 12.9. The minimum absolute atomic E-state index is 0.148. The summed E-state index contributed by atoms with van der Waals surface area (Å²) < 4.78 is 0. The van der Waals surface area contributed by atoms with E-state index in [2.05, 4.69) is 41.2 Å². The molecule has 0 radical (unpaired) electrons. The predicted molar refractivity (Wildman–Crippen MR) is 73.5 cm³/mol. The van der Waals surface area contributed by atoms with Gasteiger partial charge in [-0.1, -0.05) is 17.7 Å². The van der Waals surface area contributed by atoms with Crippen molar-refractivity contribution in [1.29, 1.82) is 0 Å².